The second kappa shape index (κ2) is 8.07. The van der Waals surface area contributed by atoms with Gasteiger partial charge in [0.25, 0.3) is 0 Å². The number of hydrogen-bond donors (Lipinski definition) is 1. The zero-order valence-corrected chi connectivity index (χ0v) is 12.8. The van der Waals surface area contributed by atoms with Gasteiger partial charge in [-0.3, -0.25) is 0 Å². The molecule has 2 heteroatoms. The highest BCUT2D eigenvalue weighted by atomic mass is 28.3. The van der Waals surface area contributed by atoms with E-state index in [9.17, 15) is 5.11 Å². The van der Waals surface area contributed by atoms with Gasteiger partial charge >= 0.3 is 0 Å². The van der Waals surface area contributed by atoms with Crippen LogP contribution in [0.15, 0.2) is 11.3 Å². The SMILES string of the molecule is CCCCCCC(=C[Si](C)(C)C)C(O)CC. The van der Waals surface area contributed by atoms with E-state index < -0.39 is 8.07 Å². The zero-order chi connectivity index (χ0) is 12.6. The highest BCUT2D eigenvalue weighted by molar-refractivity contribution is 6.81. The number of hydrogen-bond acceptors (Lipinski definition) is 1. The van der Waals surface area contributed by atoms with E-state index in [1.807, 2.05) is 0 Å². The molecule has 0 saturated carbocycles. The molecule has 1 nitrogen and oxygen atoms in total. The van der Waals surface area contributed by atoms with Crippen molar-refractivity contribution in [1.29, 1.82) is 0 Å². The fourth-order valence-corrected chi connectivity index (χ4v) is 3.36. The molecule has 0 aliphatic heterocycles. The Morgan fingerprint density at radius 2 is 1.75 bits per heavy atom. The van der Waals surface area contributed by atoms with Crippen LogP contribution in [0.25, 0.3) is 0 Å². The molecule has 0 aliphatic carbocycles. The first-order chi connectivity index (χ1) is 7.40. The lowest BCUT2D eigenvalue weighted by atomic mass is 10.0. The maximum absolute atomic E-state index is 9.99. The Morgan fingerprint density at radius 3 is 2.19 bits per heavy atom. The van der Waals surface area contributed by atoms with Crippen molar-refractivity contribution < 1.29 is 5.11 Å². The summed E-state index contributed by atoms with van der Waals surface area (Å²) in [5, 5.41) is 9.99. The Bertz CT molecular complexity index is 203. The number of unbranched alkanes of at least 4 members (excludes halogenated alkanes) is 3. The van der Waals surface area contributed by atoms with Crippen molar-refractivity contribution in [2.45, 2.75) is 78.1 Å². The summed E-state index contributed by atoms with van der Waals surface area (Å²) in [4.78, 5) is 0. The second-order valence-electron chi connectivity index (χ2n) is 5.82. The monoisotopic (exact) mass is 242 g/mol. The van der Waals surface area contributed by atoms with Gasteiger partial charge in [-0.25, -0.2) is 0 Å². The molecule has 0 aromatic carbocycles. The van der Waals surface area contributed by atoms with Crippen LogP contribution in [-0.4, -0.2) is 19.3 Å². The molecule has 0 spiro atoms. The van der Waals surface area contributed by atoms with Crippen LogP contribution >= 0.6 is 0 Å². The van der Waals surface area contributed by atoms with Gasteiger partial charge in [-0.1, -0.05) is 58.5 Å². The van der Waals surface area contributed by atoms with Gasteiger partial charge in [-0.05, 0) is 24.8 Å². The van der Waals surface area contributed by atoms with E-state index in [0.29, 0.717) is 0 Å². The van der Waals surface area contributed by atoms with E-state index in [1.165, 1.54) is 31.3 Å². The van der Waals surface area contributed by atoms with Crippen LogP contribution in [0.1, 0.15) is 52.4 Å². The Labute approximate surface area is 103 Å². The Kier molecular flexibility index (Phi) is 8.03. The number of rotatable bonds is 8. The first-order valence-corrected chi connectivity index (χ1v) is 10.4. The van der Waals surface area contributed by atoms with E-state index in [2.05, 4.69) is 39.2 Å². The first kappa shape index (κ1) is 15.9. The summed E-state index contributed by atoms with van der Waals surface area (Å²) in [5.74, 6) is 0. The molecule has 1 unspecified atom stereocenters. The van der Waals surface area contributed by atoms with E-state index >= 15 is 0 Å². The van der Waals surface area contributed by atoms with Gasteiger partial charge in [0.1, 0.15) is 0 Å². The first-order valence-electron chi connectivity index (χ1n) is 6.80. The van der Waals surface area contributed by atoms with Crippen LogP contribution in [0.2, 0.25) is 19.6 Å². The van der Waals surface area contributed by atoms with E-state index in [1.54, 1.807) is 0 Å². The number of aliphatic hydroxyl groups is 1. The molecule has 0 amide bonds. The Morgan fingerprint density at radius 1 is 1.12 bits per heavy atom. The van der Waals surface area contributed by atoms with Gasteiger partial charge in [0.15, 0.2) is 0 Å². The Balaban J connectivity index is 4.28. The van der Waals surface area contributed by atoms with Gasteiger partial charge < -0.3 is 5.11 Å². The highest BCUT2D eigenvalue weighted by Gasteiger charge is 2.15. The third kappa shape index (κ3) is 8.11. The van der Waals surface area contributed by atoms with Crippen molar-refractivity contribution in [3.05, 3.63) is 11.3 Å². The van der Waals surface area contributed by atoms with Gasteiger partial charge in [0.2, 0.25) is 0 Å². The van der Waals surface area contributed by atoms with E-state index in [-0.39, 0.29) is 6.10 Å². The lowest BCUT2D eigenvalue weighted by Crippen LogP contribution is -2.20. The molecule has 0 aromatic heterocycles. The topological polar surface area (TPSA) is 20.2 Å². The minimum absolute atomic E-state index is 0.201. The molecule has 0 radical (unpaired) electrons. The molecular formula is C14H30OSi. The van der Waals surface area contributed by atoms with Crippen LogP contribution in [-0.2, 0) is 0 Å². The molecule has 96 valence electrons. The minimum Gasteiger partial charge on any atom is -0.389 e. The molecular weight excluding hydrogens is 212 g/mol. The highest BCUT2D eigenvalue weighted by Crippen LogP contribution is 2.19. The maximum Gasteiger partial charge on any atom is 0.0743 e. The van der Waals surface area contributed by atoms with Crippen LogP contribution in [0.4, 0.5) is 0 Å². The van der Waals surface area contributed by atoms with Gasteiger partial charge in [-0.15, -0.1) is 0 Å². The van der Waals surface area contributed by atoms with Crippen LogP contribution < -0.4 is 0 Å². The molecule has 16 heavy (non-hydrogen) atoms. The van der Waals surface area contributed by atoms with Crippen molar-refractivity contribution in [2.24, 2.45) is 0 Å². The quantitative estimate of drug-likeness (QED) is 0.490. The molecule has 0 aliphatic rings. The fourth-order valence-electron chi connectivity index (χ4n) is 1.91. The summed E-state index contributed by atoms with van der Waals surface area (Å²) in [7, 11) is -1.19. The molecule has 0 fully saturated rings. The average Bonchev–Trinajstić information content (AvgIpc) is 2.19. The van der Waals surface area contributed by atoms with Crippen molar-refractivity contribution in [3.8, 4) is 0 Å². The lowest BCUT2D eigenvalue weighted by Gasteiger charge is -2.18. The zero-order valence-electron chi connectivity index (χ0n) is 11.8. The van der Waals surface area contributed by atoms with Gasteiger partial charge in [-0.2, -0.15) is 0 Å². The van der Waals surface area contributed by atoms with Crippen LogP contribution in [0.3, 0.4) is 0 Å². The van der Waals surface area contributed by atoms with E-state index in [0.717, 1.165) is 12.8 Å². The minimum atomic E-state index is -1.19. The lowest BCUT2D eigenvalue weighted by molar-refractivity contribution is 0.202. The number of aliphatic hydroxyl groups excluding tert-OH is 1. The van der Waals surface area contributed by atoms with Crippen molar-refractivity contribution >= 4 is 8.07 Å². The molecule has 0 saturated heterocycles. The maximum atomic E-state index is 9.99. The average molecular weight is 242 g/mol. The molecule has 1 atom stereocenters. The van der Waals surface area contributed by atoms with Gasteiger partial charge in [0, 0.05) is 0 Å². The van der Waals surface area contributed by atoms with Crippen molar-refractivity contribution in [3.63, 3.8) is 0 Å². The molecule has 0 rings (SSSR count). The largest absolute Gasteiger partial charge is 0.389 e. The van der Waals surface area contributed by atoms with Crippen LogP contribution in [0, 0.1) is 0 Å². The third-order valence-corrected chi connectivity index (χ3v) is 3.99. The molecule has 0 bridgehead atoms. The van der Waals surface area contributed by atoms with E-state index in [4.69, 9.17) is 0 Å². The van der Waals surface area contributed by atoms with Crippen molar-refractivity contribution in [2.75, 3.05) is 0 Å². The smallest absolute Gasteiger partial charge is 0.0743 e. The molecule has 1 N–H and O–H groups in total. The van der Waals surface area contributed by atoms with Crippen molar-refractivity contribution in [1.82, 2.24) is 0 Å². The summed E-state index contributed by atoms with van der Waals surface area (Å²) in [6.07, 6.45) is 6.89. The normalized spacial score (nSPS) is 15.2. The third-order valence-electron chi connectivity index (χ3n) is 2.75. The van der Waals surface area contributed by atoms with Crippen LogP contribution in [0.5, 0.6) is 0 Å². The summed E-state index contributed by atoms with van der Waals surface area (Å²) in [6.45, 7) is 11.3. The second-order valence-corrected chi connectivity index (χ2v) is 10.8. The Hall–Kier alpha value is -0.0831. The van der Waals surface area contributed by atoms with Gasteiger partial charge in [0.05, 0.1) is 14.2 Å². The summed E-state index contributed by atoms with van der Waals surface area (Å²) >= 11 is 0. The summed E-state index contributed by atoms with van der Waals surface area (Å²) in [6, 6.07) is 0. The summed E-state index contributed by atoms with van der Waals surface area (Å²) < 4.78 is 0. The molecule has 0 aromatic rings. The predicted octanol–water partition coefficient (Wildman–Crippen LogP) is 4.53. The summed E-state index contributed by atoms with van der Waals surface area (Å²) in [5.41, 5.74) is 3.70. The standard InChI is InChI=1S/C14H30OSi/c1-6-8-9-10-11-13(14(15)7-2)12-16(3,4)5/h12,14-15H,6-11H2,1-5H3. The molecule has 0 heterocycles. The fraction of sp³-hybridized carbons (Fsp3) is 0.857. The predicted molar refractivity (Wildman–Crippen MR) is 76.5 cm³/mol.